The Balaban J connectivity index is 2.37. The molecule has 1 saturated carbocycles. The summed E-state index contributed by atoms with van der Waals surface area (Å²) in [5.41, 5.74) is 3.95. The standard InChI is InChI=1S/C27H59O3Si3/c1-19(2)32(20(3)4,21(5)6)28-18-27-17-16-25(26(27)30(27)31(13,14)15)29-33(22(7)8,23(9)10)24(11)12/h19-26H,16-18H2,1-15H3/q+1/t25-,26+,27+/m1/s1. The number of fused-ring (bicyclic) bond motifs is 1. The van der Waals surface area contributed by atoms with Crippen LogP contribution in [0, 0.1) is 0 Å². The SMILES string of the molecule is CC(C)[Si](OC[C@@]12CC[C@@H](O[Si](C(C)C)(C(C)C)C(C)C)[C@@H]1[O+]2[Si](C)(C)C)(C(C)C)C(C)C. The molecule has 0 spiro atoms. The number of rotatable bonds is 12. The third-order valence-corrected chi connectivity index (χ3v) is 23.5. The molecule has 1 aliphatic heterocycles. The highest BCUT2D eigenvalue weighted by Gasteiger charge is 2.82. The van der Waals surface area contributed by atoms with E-state index in [-0.39, 0.29) is 5.60 Å². The molecule has 0 aromatic rings. The first-order valence-corrected chi connectivity index (χ1v) is 21.7. The maximum atomic E-state index is 7.42. The first-order chi connectivity index (χ1) is 14.9. The molecule has 33 heavy (non-hydrogen) atoms. The van der Waals surface area contributed by atoms with Crippen molar-refractivity contribution in [1.82, 2.24) is 0 Å². The van der Waals surface area contributed by atoms with E-state index < -0.39 is 25.0 Å². The fraction of sp³-hybridized carbons (Fsp3) is 1.00. The van der Waals surface area contributed by atoms with E-state index in [0.29, 0.717) is 45.5 Å². The first kappa shape index (κ1) is 29.8. The third-order valence-electron chi connectivity index (χ3n) is 9.34. The summed E-state index contributed by atoms with van der Waals surface area (Å²) in [5, 5.41) is 0. The predicted octanol–water partition coefficient (Wildman–Crippen LogP) is 9.04. The molecule has 3 atom stereocenters. The summed E-state index contributed by atoms with van der Waals surface area (Å²) in [6.07, 6.45) is 3.26. The van der Waals surface area contributed by atoms with Crippen molar-refractivity contribution in [3.8, 4) is 0 Å². The van der Waals surface area contributed by atoms with Gasteiger partial charge >= 0.3 is 8.32 Å². The fourth-order valence-corrected chi connectivity index (χ4v) is 22.0. The molecule has 1 heterocycles. The third kappa shape index (κ3) is 4.92. The molecule has 0 N–H and O–H groups in total. The van der Waals surface area contributed by atoms with Gasteiger partial charge in [-0.15, -0.1) is 0 Å². The summed E-state index contributed by atoms with van der Waals surface area (Å²) >= 11 is 0. The van der Waals surface area contributed by atoms with Gasteiger partial charge in [0.25, 0.3) is 0 Å². The van der Waals surface area contributed by atoms with Gasteiger partial charge in [-0.05, 0) is 39.7 Å². The molecule has 3 nitrogen and oxygen atoms in total. The van der Waals surface area contributed by atoms with Crippen molar-refractivity contribution in [3.05, 3.63) is 0 Å². The van der Waals surface area contributed by atoms with Gasteiger partial charge in [-0.1, -0.05) is 83.1 Å². The average Bonchev–Trinajstić information content (AvgIpc) is 3.18. The first-order valence-electron chi connectivity index (χ1n) is 14.0. The van der Waals surface area contributed by atoms with E-state index in [2.05, 4.69) is 107 Å². The van der Waals surface area contributed by atoms with Crippen LogP contribution in [-0.4, -0.2) is 49.4 Å². The van der Waals surface area contributed by atoms with Crippen LogP contribution in [0.25, 0.3) is 0 Å². The maximum Gasteiger partial charge on any atom is 0.377 e. The molecular formula is C27H59O3Si3+. The van der Waals surface area contributed by atoms with Crippen molar-refractivity contribution in [2.24, 2.45) is 0 Å². The second kappa shape index (κ2) is 10.1. The zero-order valence-electron chi connectivity index (χ0n) is 25.0. The Morgan fingerprint density at radius 3 is 1.42 bits per heavy atom. The quantitative estimate of drug-likeness (QED) is 0.147. The minimum absolute atomic E-state index is 0.150. The van der Waals surface area contributed by atoms with Crippen LogP contribution in [0.4, 0.5) is 0 Å². The Kier molecular flexibility index (Phi) is 9.13. The molecule has 2 rings (SSSR count). The normalized spacial score (nSPS) is 27.2. The van der Waals surface area contributed by atoms with Gasteiger partial charge < -0.3 is 12.9 Å². The molecule has 196 valence electrons. The lowest BCUT2D eigenvalue weighted by molar-refractivity contribution is 0.0309. The second-order valence-corrected chi connectivity index (χ2v) is 29.6. The smallest absolute Gasteiger partial charge is 0.377 e. The minimum Gasteiger partial charge on any atom is -0.497 e. The zero-order valence-corrected chi connectivity index (χ0v) is 28.0. The van der Waals surface area contributed by atoms with Crippen LogP contribution in [0.1, 0.15) is 95.9 Å². The molecule has 2 fully saturated rings. The lowest BCUT2D eigenvalue weighted by Crippen LogP contribution is -2.51. The molecule has 0 bridgehead atoms. The summed E-state index contributed by atoms with van der Waals surface area (Å²) in [6.45, 7) is 37.3. The largest absolute Gasteiger partial charge is 0.497 e. The molecule has 0 aromatic heterocycles. The van der Waals surface area contributed by atoms with Crippen LogP contribution in [0.5, 0.6) is 0 Å². The molecular weight excluding hydrogens is 457 g/mol. The lowest BCUT2D eigenvalue weighted by Gasteiger charge is -2.44. The van der Waals surface area contributed by atoms with Crippen molar-refractivity contribution in [2.75, 3.05) is 6.61 Å². The van der Waals surface area contributed by atoms with Crippen molar-refractivity contribution >= 4 is 25.0 Å². The van der Waals surface area contributed by atoms with Crippen LogP contribution in [0.3, 0.4) is 0 Å². The zero-order chi connectivity index (χ0) is 25.7. The highest BCUT2D eigenvalue weighted by atomic mass is 28.4. The predicted molar refractivity (Wildman–Crippen MR) is 153 cm³/mol. The number of hydrogen-bond donors (Lipinski definition) is 0. The molecule has 0 amide bonds. The van der Waals surface area contributed by atoms with Gasteiger partial charge in [-0.3, -0.25) is 0 Å². The fourth-order valence-electron chi connectivity index (χ4n) is 8.39. The molecule has 0 aromatic carbocycles. The van der Waals surface area contributed by atoms with Gasteiger partial charge in [0, 0.05) is 26.1 Å². The summed E-state index contributed by atoms with van der Waals surface area (Å²) in [6, 6.07) is 0. The summed E-state index contributed by atoms with van der Waals surface area (Å²) in [5.74, 6) is 0. The highest BCUT2D eigenvalue weighted by Crippen LogP contribution is 2.63. The van der Waals surface area contributed by atoms with Crippen LogP contribution >= 0.6 is 0 Å². The van der Waals surface area contributed by atoms with Crippen molar-refractivity contribution in [2.45, 2.75) is 167 Å². The lowest BCUT2D eigenvalue weighted by atomic mass is 10.1. The highest BCUT2D eigenvalue weighted by molar-refractivity contribution is 6.78. The van der Waals surface area contributed by atoms with Crippen molar-refractivity contribution in [3.63, 3.8) is 0 Å². The van der Waals surface area contributed by atoms with Crippen LogP contribution < -0.4 is 0 Å². The summed E-state index contributed by atoms with van der Waals surface area (Å²) < 4.78 is 18.6. The number of epoxide rings is 1. The van der Waals surface area contributed by atoms with Crippen LogP contribution in [0.15, 0.2) is 0 Å². The van der Waals surface area contributed by atoms with Gasteiger partial charge in [-0.25, -0.2) is 0 Å². The molecule has 1 aliphatic carbocycles. The molecule has 0 radical (unpaired) electrons. The second-order valence-electron chi connectivity index (χ2n) is 14.1. The van der Waals surface area contributed by atoms with Gasteiger partial charge in [0.05, 0.1) is 0 Å². The Hall–Kier alpha value is 0.531. The van der Waals surface area contributed by atoms with E-state index in [1.165, 1.54) is 12.8 Å². The van der Waals surface area contributed by atoms with Gasteiger partial charge in [0.15, 0.2) is 0 Å². The van der Waals surface area contributed by atoms with E-state index in [1.807, 2.05) is 0 Å². The monoisotopic (exact) mass is 515 g/mol. The Morgan fingerprint density at radius 1 is 0.697 bits per heavy atom. The molecule has 2 aliphatic rings. The summed E-state index contributed by atoms with van der Waals surface area (Å²) in [4.78, 5) is 0. The average molecular weight is 516 g/mol. The molecule has 1 saturated heterocycles. The van der Waals surface area contributed by atoms with E-state index in [0.717, 1.165) is 6.61 Å². The minimum atomic E-state index is -1.90. The summed E-state index contributed by atoms with van der Waals surface area (Å²) in [7, 11) is -5.33. The molecule has 0 unspecified atom stereocenters. The van der Waals surface area contributed by atoms with Gasteiger partial charge in [-0.2, -0.15) is 0 Å². The van der Waals surface area contributed by atoms with Gasteiger partial charge in [0.2, 0.25) is 28.3 Å². The van der Waals surface area contributed by atoms with E-state index in [1.54, 1.807) is 0 Å². The van der Waals surface area contributed by atoms with E-state index in [4.69, 9.17) is 8.85 Å². The Bertz CT molecular complexity index is 610. The number of hydrogen-bond acceptors (Lipinski definition) is 2. The maximum absolute atomic E-state index is 7.42. The van der Waals surface area contributed by atoms with E-state index >= 15 is 0 Å². The Labute approximate surface area is 210 Å². The topological polar surface area (TPSA) is 21.2 Å². The van der Waals surface area contributed by atoms with Crippen LogP contribution in [0.2, 0.25) is 52.9 Å². The Morgan fingerprint density at radius 2 is 1.09 bits per heavy atom. The van der Waals surface area contributed by atoms with E-state index in [9.17, 15) is 0 Å². The van der Waals surface area contributed by atoms with Gasteiger partial charge in [0.1, 0.15) is 12.7 Å². The van der Waals surface area contributed by atoms with Crippen molar-refractivity contribution in [1.29, 1.82) is 0 Å². The molecule has 6 heteroatoms. The van der Waals surface area contributed by atoms with Crippen molar-refractivity contribution < 1.29 is 12.9 Å². The van der Waals surface area contributed by atoms with Crippen LogP contribution in [-0.2, 0) is 12.9 Å².